The van der Waals surface area contributed by atoms with Gasteiger partial charge in [0.05, 0.1) is 6.10 Å². The van der Waals surface area contributed by atoms with E-state index in [-0.39, 0.29) is 0 Å². The third-order valence-corrected chi connectivity index (χ3v) is 3.22. The van der Waals surface area contributed by atoms with Gasteiger partial charge in [0.2, 0.25) is 0 Å². The van der Waals surface area contributed by atoms with Crippen LogP contribution < -0.4 is 0 Å². The Hall–Kier alpha value is -1.13. The van der Waals surface area contributed by atoms with Gasteiger partial charge < -0.3 is 9.67 Å². The number of hydrogen-bond donors (Lipinski definition) is 1. The highest BCUT2D eigenvalue weighted by atomic mass is 79.9. The molecule has 0 saturated carbocycles. The summed E-state index contributed by atoms with van der Waals surface area (Å²) in [6.45, 7) is 3.71. The molecule has 0 radical (unpaired) electrons. The Morgan fingerprint density at radius 2 is 2.19 bits per heavy atom. The van der Waals surface area contributed by atoms with Crippen LogP contribution in [0.25, 0.3) is 5.69 Å². The van der Waals surface area contributed by atoms with Gasteiger partial charge in [0.1, 0.15) is 5.82 Å². The molecular weight excluding hydrogens is 268 g/mol. The molecule has 84 valence electrons. The maximum Gasteiger partial charge on any atom is 0.110 e. The molecule has 2 aromatic rings. The molecular formula is C12H13BrN2O. The largest absolute Gasteiger partial charge is 0.389 e. The van der Waals surface area contributed by atoms with Crippen LogP contribution in [0.1, 0.15) is 24.4 Å². The fraction of sp³-hybridized carbons (Fsp3) is 0.250. The van der Waals surface area contributed by atoms with Gasteiger partial charge in [-0.15, -0.1) is 0 Å². The van der Waals surface area contributed by atoms with Crippen molar-refractivity contribution in [3.05, 3.63) is 46.5 Å². The van der Waals surface area contributed by atoms with Crippen molar-refractivity contribution in [2.24, 2.45) is 0 Å². The van der Waals surface area contributed by atoms with Crippen molar-refractivity contribution in [2.75, 3.05) is 0 Å². The van der Waals surface area contributed by atoms with Gasteiger partial charge in [0.25, 0.3) is 0 Å². The van der Waals surface area contributed by atoms with Gasteiger partial charge in [0, 0.05) is 22.6 Å². The second kappa shape index (κ2) is 4.39. The van der Waals surface area contributed by atoms with Crippen LogP contribution >= 0.6 is 15.9 Å². The number of benzene rings is 1. The van der Waals surface area contributed by atoms with E-state index in [2.05, 4.69) is 20.9 Å². The molecule has 4 heteroatoms. The second-order valence-corrected chi connectivity index (χ2v) is 4.58. The number of imidazole rings is 1. The number of rotatable bonds is 2. The van der Waals surface area contributed by atoms with Gasteiger partial charge >= 0.3 is 0 Å². The Morgan fingerprint density at radius 1 is 1.44 bits per heavy atom. The van der Waals surface area contributed by atoms with Crippen LogP contribution in [-0.2, 0) is 0 Å². The van der Waals surface area contributed by atoms with Crippen LogP contribution in [0, 0.1) is 6.92 Å². The van der Waals surface area contributed by atoms with E-state index in [9.17, 15) is 5.11 Å². The lowest BCUT2D eigenvalue weighted by atomic mass is 10.1. The van der Waals surface area contributed by atoms with Crippen molar-refractivity contribution >= 4 is 15.9 Å². The summed E-state index contributed by atoms with van der Waals surface area (Å²) in [4.78, 5) is 4.18. The van der Waals surface area contributed by atoms with E-state index < -0.39 is 6.10 Å². The number of aromatic nitrogens is 2. The summed E-state index contributed by atoms with van der Waals surface area (Å²) in [7, 11) is 0. The van der Waals surface area contributed by atoms with Crippen molar-refractivity contribution in [1.29, 1.82) is 0 Å². The Kier molecular flexibility index (Phi) is 3.12. The molecule has 0 aliphatic rings. The van der Waals surface area contributed by atoms with Crippen molar-refractivity contribution in [1.82, 2.24) is 9.55 Å². The van der Waals surface area contributed by atoms with Crippen molar-refractivity contribution in [2.45, 2.75) is 20.0 Å². The van der Waals surface area contributed by atoms with E-state index in [1.165, 1.54) is 0 Å². The zero-order valence-electron chi connectivity index (χ0n) is 9.18. The molecule has 0 bridgehead atoms. The molecule has 3 nitrogen and oxygen atoms in total. The number of aliphatic hydroxyl groups excluding tert-OH is 1. The minimum absolute atomic E-state index is 0.465. The van der Waals surface area contributed by atoms with Crippen LogP contribution in [-0.4, -0.2) is 14.7 Å². The molecule has 0 fully saturated rings. The van der Waals surface area contributed by atoms with Gasteiger partial charge in [-0.1, -0.05) is 22.0 Å². The lowest BCUT2D eigenvalue weighted by Gasteiger charge is -2.11. The number of aliphatic hydroxyl groups is 1. The standard InChI is InChI=1S/C12H13BrN2O/c1-8(16)11-4-3-10(7-12(11)13)15-6-5-14-9(15)2/h3-8,16H,1-2H3. The molecule has 0 spiro atoms. The molecule has 0 aliphatic heterocycles. The minimum Gasteiger partial charge on any atom is -0.389 e. The summed E-state index contributed by atoms with van der Waals surface area (Å²) >= 11 is 3.46. The lowest BCUT2D eigenvalue weighted by molar-refractivity contribution is 0.198. The number of halogens is 1. The van der Waals surface area contributed by atoms with Crippen LogP contribution in [0.2, 0.25) is 0 Å². The monoisotopic (exact) mass is 280 g/mol. The predicted octanol–water partition coefficient (Wildman–Crippen LogP) is 3.00. The molecule has 2 rings (SSSR count). The van der Waals surface area contributed by atoms with E-state index in [4.69, 9.17) is 0 Å². The maximum absolute atomic E-state index is 9.53. The van der Waals surface area contributed by atoms with Crippen LogP contribution in [0.15, 0.2) is 35.1 Å². The molecule has 1 aromatic carbocycles. The van der Waals surface area contributed by atoms with E-state index in [0.717, 1.165) is 21.5 Å². The first-order valence-electron chi connectivity index (χ1n) is 5.07. The Balaban J connectivity index is 2.46. The smallest absolute Gasteiger partial charge is 0.110 e. The molecule has 16 heavy (non-hydrogen) atoms. The third kappa shape index (κ3) is 2.03. The summed E-state index contributed by atoms with van der Waals surface area (Å²) < 4.78 is 2.91. The van der Waals surface area contributed by atoms with Gasteiger partial charge in [-0.3, -0.25) is 0 Å². The fourth-order valence-electron chi connectivity index (χ4n) is 1.66. The second-order valence-electron chi connectivity index (χ2n) is 3.73. The molecule has 1 unspecified atom stereocenters. The first-order valence-corrected chi connectivity index (χ1v) is 5.86. The average Bonchev–Trinajstić information content (AvgIpc) is 2.63. The number of hydrogen-bond acceptors (Lipinski definition) is 2. The Bertz CT molecular complexity index is 505. The van der Waals surface area contributed by atoms with E-state index in [1.54, 1.807) is 13.1 Å². The number of nitrogens with zero attached hydrogens (tertiary/aromatic N) is 2. The first-order chi connectivity index (χ1) is 7.59. The maximum atomic E-state index is 9.53. The van der Waals surface area contributed by atoms with Crippen LogP contribution in [0.4, 0.5) is 0 Å². The van der Waals surface area contributed by atoms with Crippen LogP contribution in [0.5, 0.6) is 0 Å². The average molecular weight is 281 g/mol. The van der Waals surface area contributed by atoms with Gasteiger partial charge in [-0.05, 0) is 31.5 Å². The van der Waals surface area contributed by atoms with E-state index in [0.29, 0.717) is 0 Å². The van der Waals surface area contributed by atoms with Crippen molar-refractivity contribution < 1.29 is 5.11 Å². The first kappa shape index (κ1) is 11.4. The zero-order chi connectivity index (χ0) is 11.7. The third-order valence-electron chi connectivity index (χ3n) is 2.54. The van der Waals surface area contributed by atoms with Gasteiger partial charge in [0.15, 0.2) is 0 Å². The quantitative estimate of drug-likeness (QED) is 0.919. The molecule has 1 heterocycles. The fourth-order valence-corrected chi connectivity index (χ4v) is 2.35. The highest BCUT2D eigenvalue weighted by molar-refractivity contribution is 9.10. The molecule has 1 atom stereocenters. The van der Waals surface area contributed by atoms with Crippen molar-refractivity contribution in [3.63, 3.8) is 0 Å². The highest BCUT2D eigenvalue weighted by Gasteiger charge is 2.08. The number of aryl methyl sites for hydroxylation is 1. The molecule has 1 N–H and O–H groups in total. The van der Waals surface area contributed by atoms with Crippen molar-refractivity contribution in [3.8, 4) is 5.69 Å². The Morgan fingerprint density at radius 3 is 2.69 bits per heavy atom. The summed E-state index contributed by atoms with van der Waals surface area (Å²) in [5, 5.41) is 9.53. The molecule has 1 aromatic heterocycles. The normalized spacial score (nSPS) is 12.8. The summed E-state index contributed by atoms with van der Waals surface area (Å²) in [6, 6.07) is 5.88. The predicted molar refractivity (Wildman–Crippen MR) is 66.6 cm³/mol. The topological polar surface area (TPSA) is 38.0 Å². The summed E-state index contributed by atoms with van der Waals surface area (Å²) in [5.74, 6) is 0.941. The van der Waals surface area contributed by atoms with Crippen LogP contribution in [0.3, 0.4) is 0 Å². The Labute approximate surface area is 103 Å². The van der Waals surface area contributed by atoms with Gasteiger partial charge in [-0.2, -0.15) is 0 Å². The zero-order valence-corrected chi connectivity index (χ0v) is 10.8. The molecule has 0 amide bonds. The summed E-state index contributed by atoms with van der Waals surface area (Å²) in [5.41, 5.74) is 1.92. The van der Waals surface area contributed by atoms with Gasteiger partial charge in [-0.25, -0.2) is 4.98 Å². The lowest BCUT2D eigenvalue weighted by Crippen LogP contribution is -1.98. The highest BCUT2D eigenvalue weighted by Crippen LogP contribution is 2.26. The van der Waals surface area contributed by atoms with E-state index in [1.807, 2.05) is 35.9 Å². The SMILES string of the molecule is Cc1nccn1-c1ccc(C(C)O)c(Br)c1. The molecule has 0 aliphatic carbocycles. The summed E-state index contributed by atoms with van der Waals surface area (Å²) in [6.07, 6.45) is 3.22. The minimum atomic E-state index is -0.465. The molecule has 0 saturated heterocycles. The van der Waals surface area contributed by atoms with E-state index >= 15 is 0 Å².